The molecule has 0 bridgehead atoms. The second-order valence-corrected chi connectivity index (χ2v) is 8.48. The van der Waals surface area contributed by atoms with Crippen LogP contribution in [0.3, 0.4) is 0 Å². The molecule has 1 aliphatic carbocycles. The number of nitrogens with zero attached hydrogens (tertiary/aromatic N) is 1. The smallest absolute Gasteiger partial charge is 0.407 e. The fourth-order valence-electron chi connectivity index (χ4n) is 4.21. The second kappa shape index (κ2) is 6.33. The summed E-state index contributed by atoms with van der Waals surface area (Å²) in [5.74, 6) is -3.37. The van der Waals surface area contributed by atoms with Crippen molar-refractivity contribution in [3.63, 3.8) is 0 Å². The quantitative estimate of drug-likeness (QED) is 0.844. The van der Waals surface area contributed by atoms with E-state index in [0.717, 1.165) is 5.56 Å². The number of amides is 2. The average molecular weight is 399 g/mol. The minimum Gasteiger partial charge on any atom is -0.447 e. The van der Waals surface area contributed by atoms with Crippen LogP contribution in [0.25, 0.3) is 0 Å². The third-order valence-corrected chi connectivity index (χ3v) is 6.29. The summed E-state index contributed by atoms with van der Waals surface area (Å²) >= 11 is 5.97. The van der Waals surface area contributed by atoms with E-state index in [9.17, 15) is 18.4 Å². The molecule has 146 valence electrons. The number of halogens is 3. The molecule has 0 unspecified atom stereocenters. The SMILES string of the molecule is Cc1ccc(C(F)(F)CC2CN(C(=O)C3CC4(COC(=O)N4)C3)C2)cc1Cl. The van der Waals surface area contributed by atoms with Crippen LogP contribution in [-0.4, -0.2) is 42.1 Å². The van der Waals surface area contributed by atoms with Gasteiger partial charge in [0.1, 0.15) is 6.61 Å². The van der Waals surface area contributed by atoms with Crippen molar-refractivity contribution in [3.05, 3.63) is 34.3 Å². The van der Waals surface area contributed by atoms with Gasteiger partial charge in [0.2, 0.25) is 5.91 Å². The number of carbonyl (C=O) groups is 2. The maximum atomic E-state index is 14.5. The number of hydrogen-bond donors (Lipinski definition) is 1. The maximum absolute atomic E-state index is 14.5. The van der Waals surface area contributed by atoms with Gasteiger partial charge < -0.3 is 15.0 Å². The van der Waals surface area contributed by atoms with Gasteiger partial charge >= 0.3 is 6.09 Å². The molecule has 1 spiro atoms. The van der Waals surface area contributed by atoms with Crippen molar-refractivity contribution >= 4 is 23.6 Å². The Kier molecular flexibility index (Phi) is 4.33. The second-order valence-electron chi connectivity index (χ2n) is 8.07. The van der Waals surface area contributed by atoms with E-state index >= 15 is 0 Å². The number of aryl methyl sites for hydroxylation is 1. The molecule has 8 heteroatoms. The number of ether oxygens (including phenoxy) is 1. The number of cyclic esters (lactones) is 1. The van der Waals surface area contributed by atoms with Gasteiger partial charge in [-0.15, -0.1) is 0 Å². The molecule has 2 aliphatic heterocycles. The number of benzene rings is 1. The van der Waals surface area contributed by atoms with Crippen molar-refractivity contribution < 1.29 is 23.1 Å². The van der Waals surface area contributed by atoms with Gasteiger partial charge in [0, 0.05) is 41.9 Å². The molecule has 3 aliphatic rings. The summed E-state index contributed by atoms with van der Waals surface area (Å²) in [6.45, 7) is 2.76. The number of hydrogen-bond acceptors (Lipinski definition) is 3. The van der Waals surface area contributed by atoms with Gasteiger partial charge in [0.15, 0.2) is 0 Å². The van der Waals surface area contributed by atoms with Crippen molar-refractivity contribution in [3.8, 4) is 0 Å². The van der Waals surface area contributed by atoms with Gasteiger partial charge in [-0.25, -0.2) is 13.6 Å². The topological polar surface area (TPSA) is 58.6 Å². The van der Waals surface area contributed by atoms with Crippen LogP contribution < -0.4 is 5.32 Å². The Morgan fingerprint density at radius 1 is 1.41 bits per heavy atom. The molecule has 1 aromatic carbocycles. The molecule has 27 heavy (non-hydrogen) atoms. The highest BCUT2D eigenvalue weighted by Crippen LogP contribution is 2.44. The summed E-state index contributed by atoms with van der Waals surface area (Å²) in [7, 11) is 0. The Labute approximate surface area is 161 Å². The lowest BCUT2D eigenvalue weighted by molar-refractivity contribution is -0.150. The Morgan fingerprint density at radius 3 is 2.70 bits per heavy atom. The molecule has 1 N–H and O–H groups in total. The lowest BCUT2D eigenvalue weighted by Crippen LogP contribution is -2.61. The van der Waals surface area contributed by atoms with Crippen LogP contribution in [0.4, 0.5) is 13.6 Å². The van der Waals surface area contributed by atoms with E-state index in [1.165, 1.54) is 12.1 Å². The zero-order valence-corrected chi connectivity index (χ0v) is 15.7. The molecule has 2 saturated heterocycles. The van der Waals surface area contributed by atoms with Crippen LogP contribution >= 0.6 is 11.6 Å². The molecule has 4 rings (SSSR count). The van der Waals surface area contributed by atoms with Crippen molar-refractivity contribution in [2.24, 2.45) is 11.8 Å². The van der Waals surface area contributed by atoms with E-state index in [2.05, 4.69) is 5.32 Å². The Balaban J connectivity index is 1.27. The zero-order valence-electron chi connectivity index (χ0n) is 14.9. The third-order valence-electron chi connectivity index (χ3n) is 5.88. The van der Waals surface area contributed by atoms with E-state index in [0.29, 0.717) is 37.6 Å². The highest BCUT2D eigenvalue weighted by molar-refractivity contribution is 6.31. The summed E-state index contributed by atoms with van der Waals surface area (Å²) < 4.78 is 33.9. The predicted octanol–water partition coefficient (Wildman–Crippen LogP) is 3.48. The molecule has 5 nitrogen and oxygen atoms in total. The monoisotopic (exact) mass is 398 g/mol. The van der Waals surface area contributed by atoms with Crippen LogP contribution in [0.1, 0.15) is 30.4 Å². The highest BCUT2D eigenvalue weighted by atomic mass is 35.5. The number of alkyl halides is 2. The molecule has 0 aromatic heterocycles. The molecular formula is C19H21ClF2N2O3. The van der Waals surface area contributed by atoms with E-state index in [1.54, 1.807) is 17.9 Å². The first-order chi connectivity index (χ1) is 12.7. The van der Waals surface area contributed by atoms with Crippen molar-refractivity contribution in [1.82, 2.24) is 10.2 Å². The number of nitrogens with one attached hydrogen (secondary N) is 1. The molecule has 1 aromatic rings. The van der Waals surface area contributed by atoms with Crippen LogP contribution in [0.15, 0.2) is 18.2 Å². The van der Waals surface area contributed by atoms with Crippen molar-refractivity contribution in [1.29, 1.82) is 0 Å². The van der Waals surface area contributed by atoms with Gasteiger partial charge in [0.25, 0.3) is 5.92 Å². The fourth-order valence-corrected chi connectivity index (χ4v) is 4.39. The summed E-state index contributed by atoms with van der Waals surface area (Å²) in [5.41, 5.74) is 0.277. The minimum atomic E-state index is -2.97. The molecule has 3 fully saturated rings. The maximum Gasteiger partial charge on any atom is 0.407 e. The Hall–Kier alpha value is -1.89. The summed E-state index contributed by atoms with van der Waals surface area (Å²) in [6.07, 6.45) is 0.366. The molecular weight excluding hydrogens is 378 g/mol. The highest BCUT2D eigenvalue weighted by Gasteiger charge is 2.54. The van der Waals surface area contributed by atoms with Gasteiger partial charge in [-0.3, -0.25) is 4.79 Å². The van der Waals surface area contributed by atoms with Crippen LogP contribution in [-0.2, 0) is 15.5 Å². The molecule has 0 atom stereocenters. The predicted molar refractivity (Wildman–Crippen MR) is 94.7 cm³/mol. The lowest BCUT2D eigenvalue weighted by Gasteiger charge is -2.48. The molecule has 2 amide bonds. The van der Waals surface area contributed by atoms with Crippen molar-refractivity contribution in [2.75, 3.05) is 19.7 Å². The van der Waals surface area contributed by atoms with Gasteiger partial charge in [0.05, 0.1) is 5.54 Å². The summed E-state index contributed by atoms with van der Waals surface area (Å²) in [5, 5.41) is 3.08. The first-order valence-electron chi connectivity index (χ1n) is 9.06. The lowest BCUT2D eigenvalue weighted by atomic mass is 9.68. The normalized spacial score (nSPS) is 27.8. The molecule has 0 radical (unpaired) electrons. The zero-order chi connectivity index (χ0) is 19.4. The van der Waals surface area contributed by atoms with E-state index in [4.69, 9.17) is 16.3 Å². The summed E-state index contributed by atoms with van der Waals surface area (Å²) in [6, 6.07) is 4.33. The van der Waals surface area contributed by atoms with Crippen molar-refractivity contribution in [2.45, 2.75) is 37.6 Å². The van der Waals surface area contributed by atoms with Gasteiger partial charge in [-0.2, -0.15) is 0 Å². The van der Waals surface area contributed by atoms with E-state index in [-0.39, 0.29) is 29.7 Å². The fraction of sp³-hybridized carbons (Fsp3) is 0.579. The minimum absolute atomic E-state index is 0.0141. The largest absolute Gasteiger partial charge is 0.447 e. The van der Waals surface area contributed by atoms with Gasteiger partial charge in [-0.05, 0) is 31.4 Å². The van der Waals surface area contributed by atoms with E-state index < -0.39 is 17.6 Å². The first-order valence-corrected chi connectivity index (χ1v) is 9.43. The number of likely N-dealkylation sites (tertiary alicyclic amines) is 1. The van der Waals surface area contributed by atoms with Crippen LogP contribution in [0.5, 0.6) is 0 Å². The number of carbonyl (C=O) groups excluding carboxylic acids is 2. The average Bonchev–Trinajstić information content (AvgIpc) is 2.93. The molecule has 1 saturated carbocycles. The Bertz CT molecular complexity index is 789. The Morgan fingerprint density at radius 2 is 2.11 bits per heavy atom. The third kappa shape index (κ3) is 3.37. The molecule has 2 heterocycles. The summed E-state index contributed by atoms with van der Waals surface area (Å²) in [4.78, 5) is 25.3. The standard InChI is InChI=1S/C19H21ClF2N2O3/c1-11-2-3-14(4-15(11)20)19(21,22)5-12-8-24(9-12)16(25)13-6-18(7-13)10-27-17(26)23-18/h2-4,12-13H,5-10H2,1H3,(H,23,26). The van der Waals surface area contributed by atoms with Crippen LogP contribution in [0, 0.1) is 18.8 Å². The van der Waals surface area contributed by atoms with E-state index in [1.807, 2.05) is 0 Å². The first kappa shape index (κ1) is 18.5. The number of alkyl carbamates (subject to hydrolysis) is 1. The number of rotatable bonds is 4. The van der Waals surface area contributed by atoms with Crippen LogP contribution in [0.2, 0.25) is 5.02 Å². The van der Waals surface area contributed by atoms with Gasteiger partial charge in [-0.1, -0.05) is 23.7 Å².